The molecular weight excluding hydrogens is 318 g/mol. The van der Waals surface area contributed by atoms with Crippen LogP contribution in [0, 0.1) is 5.92 Å². The second kappa shape index (κ2) is 6.92. The van der Waals surface area contributed by atoms with E-state index in [1.807, 2.05) is 30.3 Å². The highest BCUT2D eigenvalue weighted by Crippen LogP contribution is 2.40. The number of para-hydroxylation sites is 1. The van der Waals surface area contributed by atoms with Crippen LogP contribution >= 0.6 is 0 Å². The molecule has 4 rings (SSSR count). The Bertz CT molecular complexity index is 732. The van der Waals surface area contributed by atoms with Crippen LogP contribution in [0.1, 0.15) is 37.9 Å². The molecule has 0 N–H and O–H groups in total. The summed E-state index contributed by atoms with van der Waals surface area (Å²) in [5, 5.41) is 12.2. The lowest BCUT2D eigenvalue weighted by Crippen LogP contribution is -2.42. The van der Waals surface area contributed by atoms with Gasteiger partial charge in [0.25, 0.3) is 0 Å². The second-order valence-electron chi connectivity index (χ2n) is 6.90. The van der Waals surface area contributed by atoms with Crippen molar-refractivity contribution in [3.8, 4) is 5.69 Å². The van der Waals surface area contributed by atoms with Gasteiger partial charge in [-0.2, -0.15) is 4.68 Å². The van der Waals surface area contributed by atoms with Crippen LogP contribution in [0.2, 0.25) is 0 Å². The smallest absolute Gasteiger partial charge is 0.323 e. The van der Waals surface area contributed by atoms with Gasteiger partial charge in [-0.05, 0) is 47.7 Å². The lowest BCUT2D eigenvalue weighted by Gasteiger charge is -2.32. The molecule has 7 nitrogen and oxygen atoms in total. The highest BCUT2D eigenvalue weighted by molar-refractivity contribution is 5.76. The molecule has 0 radical (unpaired) electrons. The number of methoxy groups -OCH3 is 1. The first-order valence-electron chi connectivity index (χ1n) is 8.94. The van der Waals surface area contributed by atoms with Gasteiger partial charge in [-0.1, -0.05) is 31.0 Å². The molecule has 1 aliphatic carbocycles. The van der Waals surface area contributed by atoms with Gasteiger partial charge in [-0.3, -0.25) is 9.69 Å². The molecule has 132 valence electrons. The van der Waals surface area contributed by atoms with E-state index in [2.05, 4.69) is 20.4 Å². The van der Waals surface area contributed by atoms with Gasteiger partial charge in [0.15, 0.2) is 5.82 Å². The predicted octanol–water partition coefficient (Wildman–Crippen LogP) is 1.97. The van der Waals surface area contributed by atoms with E-state index in [-0.39, 0.29) is 12.0 Å². The molecule has 1 aromatic carbocycles. The SMILES string of the molecule is COC(=O)[C@@H]1C[C@H]2CCCC[C@@H]2N1Cc1nnnn1-c1ccccc1. The molecular formula is C18H23N5O2. The standard InChI is InChI=1S/C18H23N5O2/c1-25-18(24)16-11-13-7-5-6-10-15(13)22(16)12-17-19-20-21-23(17)14-8-3-2-4-9-14/h2-4,8-9,13,15-16H,5-7,10-12H2,1H3/t13-,15+,16+/m1/s1. The quantitative estimate of drug-likeness (QED) is 0.792. The molecule has 1 saturated heterocycles. The number of ether oxygens (including phenoxy) is 1. The maximum atomic E-state index is 12.3. The lowest BCUT2D eigenvalue weighted by molar-refractivity contribution is -0.146. The fraction of sp³-hybridized carbons (Fsp3) is 0.556. The van der Waals surface area contributed by atoms with E-state index in [1.165, 1.54) is 26.4 Å². The zero-order chi connectivity index (χ0) is 17.2. The molecule has 1 saturated carbocycles. The maximum Gasteiger partial charge on any atom is 0.323 e. The number of esters is 1. The summed E-state index contributed by atoms with van der Waals surface area (Å²) < 4.78 is 6.82. The van der Waals surface area contributed by atoms with Gasteiger partial charge in [0.2, 0.25) is 0 Å². The number of nitrogens with zero attached hydrogens (tertiary/aromatic N) is 5. The van der Waals surface area contributed by atoms with E-state index in [1.54, 1.807) is 4.68 Å². The summed E-state index contributed by atoms with van der Waals surface area (Å²) in [6.45, 7) is 0.558. The van der Waals surface area contributed by atoms with Gasteiger partial charge in [0, 0.05) is 6.04 Å². The van der Waals surface area contributed by atoms with Crippen LogP contribution in [0.3, 0.4) is 0 Å². The monoisotopic (exact) mass is 341 g/mol. The number of aromatic nitrogens is 4. The average molecular weight is 341 g/mol. The van der Waals surface area contributed by atoms with E-state index in [0.717, 1.165) is 24.4 Å². The Morgan fingerprint density at radius 3 is 2.84 bits per heavy atom. The molecule has 0 bridgehead atoms. The summed E-state index contributed by atoms with van der Waals surface area (Å²) in [4.78, 5) is 14.6. The summed E-state index contributed by atoms with van der Waals surface area (Å²) in [6, 6.07) is 10.1. The number of rotatable bonds is 4. The zero-order valence-electron chi connectivity index (χ0n) is 14.4. The highest BCUT2D eigenvalue weighted by Gasteiger charge is 2.46. The Hall–Kier alpha value is -2.28. The number of carbonyl (C=O) groups excluding carboxylic acids is 1. The van der Waals surface area contributed by atoms with Crippen molar-refractivity contribution in [2.75, 3.05) is 7.11 Å². The maximum absolute atomic E-state index is 12.3. The number of hydrogen-bond donors (Lipinski definition) is 0. The molecule has 0 spiro atoms. The lowest BCUT2D eigenvalue weighted by atomic mass is 9.85. The summed E-state index contributed by atoms with van der Waals surface area (Å²) in [5.74, 6) is 1.18. The van der Waals surface area contributed by atoms with Gasteiger partial charge in [0.05, 0.1) is 19.3 Å². The number of tetrazole rings is 1. The molecule has 2 fully saturated rings. The molecule has 1 aliphatic heterocycles. The number of fused-ring (bicyclic) bond motifs is 1. The van der Waals surface area contributed by atoms with E-state index in [9.17, 15) is 4.79 Å². The minimum Gasteiger partial charge on any atom is -0.468 e. The molecule has 2 heterocycles. The molecule has 0 unspecified atom stereocenters. The number of carbonyl (C=O) groups is 1. The van der Waals surface area contributed by atoms with E-state index in [4.69, 9.17) is 4.74 Å². The van der Waals surface area contributed by atoms with Crippen LogP contribution < -0.4 is 0 Å². The fourth-order valence-corrected chi connectivity index (χ4v) is 4.39. The van der Waals surface area contributed by atoms with Crippen LogP contribution in [-0.2, 0) is 16.1 Å². The fourth-order valence-electron chi connectivity index (χ4n) is 4.39. The molecule has 0 amide bonds. The summed E-state index contributed by atoms with van der Waals surface area (Å²) in [7, 11) is 1.47. The Morgan fingerprint density at radius 2 is 2.04 bits per heavy atom. The molecule has 2 aliphatic rings. The highest BCUT2D eigenvalue weighted by atomic mass is 16.5. The molecule has 2 aromatic rings. The van der Waals surface area contributed by atoms with E-state index < -0.39 is 0 Å². The van der Waals surface area contributed by atoms with Crippen molar-refractivity contribution in [3.63, 3.8) is 0 Å². The topological polar surface area (TPSA) is 73.1 Å². The van der Waals surface area contributed by atoms with Gasteiger partial charge in [-0.15, -0.1) is 5.10 Å². The van der Waals surface area contributed by atoms with Crippen molar-refractivity contribution in [1.82, 2.24) is 25.1 Å². The van der Waals surface area contributed by atoms with Gasteiger partial charge in [-0.25, -0.2) is 0 Å². The average Bonchev–Trinajstić information content (AvgIpc) is 3.27. The van der Waals surface area contributed by atoms with Crippen molar-refractivity contribution >= 4 is 5.97 Å². The molecule has 25 heavy (non-hydrogen) atoms. The van der Waals surface area contributed by atoms with Crippen molar-refractivity contribution in [1.29, 1.82) is 0 Å². The Morgan fingerprint density at radius 1 is 1.24 bits per heavy atom. The van der Waals surface area contributed by atoms with Crippen molar-refractivity contribution < 1.29 is 9.53 Å². The third-order valence-corrected chi connectivity index (χ3v) is 5.55. The first kappa shape index (κ1) is 16.2. The van der Waals surface area contributed by atoms with Crippen molar-refractivity contribution in [2.45, 2.75) is 50.7 Å². The Balaban J connectivity index is 1.62. The van der Waals surface area contributed by atoms with Crippen molar-refractivity contribution in [3.05, 3.63) is 36.2 Å². The number of likely N-dealkylation sites (tertiary alicyclic amines) is 1. The number of benzene rings is 1. The molecule has 3 atom stereocenters. The zero-order valence-corrected chi connectivity index (χ0v) is 14.4. The van der Waals surface area contributed by atoms with Gasteiger partial charge in [0.1, 0.15) is 6.04 Å². The van der Waals surface area contributed by atoms with Crippen LogP contribution in [0.25, 0.3) is 5.69 Å². The first-order chi connectivity index (χ1) is 12.3. The van der Waals surface area contributed by atoms with Crippen molar-refractivity contribution in [2.24, 2.45) is 5.92 Å². The molecule has 7 heteroatoms. The van der Waals surface area contributed by atoms with Gasteiger partial charge < -0.3 is 4.74 Å². The third-order valence-electron chi connectivity index (χ3n) is 5.55. The first-order valence-corrected chi connectivity index (χ1v) is 8.94. The summed E-state index contributed by atoms with van der Waals surface area (Å²) in [5.41, 5.74) is 0.927. The Kier molecular flexibility index (Phi) is 4.48. The van der Waals surface area contributed by atoms with E-state index >= 15 is 0 Å². The largest absolute Gasteiger partial charge is 0.468 e. The van der Waals surface area contributed by atoms with Crippen LogP contribution in [0.15, 0.2) is 30.3 Å². The second-order valence-corrected chi connectivity index (χ2v) is 6.90. The minimum absolute atomic E-state index is 0.145. The minimum atomic E-state index is -0.195. The Labute approximate surface area is 147 Å². The molecule has 1 aromatic heterocycles. The van der Waals surface area contributed by atoms with Crippen LogP contribution in [0.4, 0.5) is 0 Å². The van der Waals surface area contributed by atoms with Gasteiger partial charge >= 0.3 is 5.97 Å². The van der Waals surface area contributed by atoms with E-state index in [0.29, 0.717) is 18.5 Å². The summed E-state index contributed by atoms with van der Waals surface area (Å²) in [6.07, 6.45) is 5.67. The normalized spacial score (nSPS) is 26.4. The number of hydrogen-bond acceptors (Lipinski definition) is 6. The third kappa shape index (κ3) is 3.04. The predicted molar refractivity (Wildman–Crippen MR) is 90.9 cm³/mol. The van der Waals surface area contributed by atoms with Crippen LogP contribution in [0.5, 0.6) is 0 Å². The summed E-state index contributed by atoms with van der Waals surface area (Å²) >= 11 is 0. The van der Waals surface area contributed by atoms with Crippen LogP contribution in [-0.4, -0.2) is 50.3 Å².